The SMILES string of the molecule is Cc1ccccc1B(O)OCCO. The molecule has 0 aliphatic heterocycles. The zero-order chi connectivity index (χ0) is 9.68. The largest absolute Gasteiger partial charge is 0.491 e. The van der Waals surface area contributed by atoms with Crippen molar-refractivity contribution in [1.82, 2.24) is 0 Å². The van der Waals surface area contributed by atoms with Crippen LogP contribution in [0.1, 0.15) is 5.56 Å². The van der Waals surface area contributed by atoms with Gasteiger partial charge in [-0.3, -0.25) is 0 Å². The summed E-state index contributed by atoms with van der Waals surface area (Å²) in [6, 6.07) is 7.45. The molecule has 0 atom stereocenters. The van der Waals surface area contributed by atoms with Crippen molar-refractivity contribution < 1.29 is 14.8 Å². The van der Waals surface area contributed by atoms with Crippen LogP contribution in [0.5, 0.6) is 0 Å². The summed E-state index contributed by atoms with van der Waals surface area (Å²) in [5.41, 5.74) is 1.73. The van der Waals surface area contributed by atoms with E-state index in [1.54, 1.807) is 6.07 Å². The molecule has 0 aliphatic rings. The van der Waals surface area contributed by atoms with Crippen LogP contribution in [0.4, 0.5) is 0 Å². The maximum Gasteiger partial charge on any atom is 0.491 e. The normalized spacial score (nSPS) is 10.1. The van der Waals surface area contributed by atoms with Crippen molar-refractivity contribution in [3.8, 4) is 0 Å². The Hall–Kier alpha value is -0.835. The van der Waals surface area contributed by atoms with Crippen molar-refractivity contribution in [2.24, 2.45) is 0 Å². The van der Waals surface area contributed by atoms with Crippen LogP contribution in [0.25, 0.3) is 0 Å². The van der Waals surface area contributed by atoms with Crippen molar-refractivity contribution in [2.45, 2.75) is 6.92 Å². The third kappa shape index (κ3) is 2.84. The topological polar surface area (TPSA) is 49.7 Å². The van der Waals surface area contributed by atoms with E-state index < -0.39 is 7.12 Å². The summed E-state index contributed by atoms with van der Waals surface area (Å²) < 4.78 is 4.96. The lowest BCUT2D eigenvalue weighted by molar-refractivity contribution is 0.183. The minimum absolute atomic E-state index is 0.0804. The van der Waals surface area contributed by atoms with Gasteiger partial charge in [0.05, 0.1) is 13.2 Å². The summed E-state index contributed by atoms with van der Waals surface area (Å²) in [5, 5.41) is 18.0. The van der Waals surface area contributed by atoms with Gasteiger partial charge in [-0.05, 0) is 12.4 Å². The van der Waals surface area contributed by atoms with E-state index in [1.165, 1.54) is 0 Å². The summed E-state index contributed by atoms with van der Waals surface area (Å²) in [7, 11) is -0.937. The van der Waals surface area contributed by atoms with Gasteiger partial charge >= 0.3 is 7.12 Å². The van der Waals surface area contributed by atoms with Crippen LogP contribution in [-0.2, 0) is 4.65 Å². The maximum absolute atomic E-state index is 9.50. The van der Waals surface area contributed by atoms with Crippen molar-refractivity contribution in [1.29, 1.82) is 0 Å². The van der Waals surface area contributed by atoms with Gasteiger partial charge in [-0.15, -0.1) is 0 Å². The quantitative estimate of drug-likeness (QED) is 0.625. The molecule has 1 aromatic carbocycles. The number of aliphatic hydroxyl groups excluding tert-OH is 1. The highest BCUT2D eigenvalue weighted by molar-refractivity contribution is 6.60. The highest BCUT2D eigenvalue weighted by atomic mass is 16.5. The number of benzene rings is 1. The summed E-state index contributed by atoms with van der Waals surface area (Å²) in [6.45, 7) is 1.97. The van der Waals surface area contributed by atoms with E-state index in [1.807, 2.05) is 25.1 Å². The zero-order valence-electron chi connectivity index (χ0n) is 7.60. The molecule has 0 saturated heterocycles. The molecular formula is C9H13BO3. The van der Waals surface area contributed by atoms with E-state index in [2.05, 4.69) is 0 Å². The fraction of sp³-hybridized carbons (Fsp3) is 0.333. The first-order chi connectivity index (χ1) is 6.25. The lowest BCUT2D eigenvalue weighted by Crippen LogP contribution is -2.36. The third-order valence-electron chi connectivity index (χ3n) is 1.82. The number of hydrogen-bond donors (Lipinski definition) is 2. The van der Waals surface area contributed by atoms with Crippen molar-refractivity contribution in [3.05, 3.63) is 29.8 Å². The molecule has 13 heavy (non-hydrogen) atoms. The fourth-order valence-electron chi connectivity index (χ4n) is 1.12. The van der Waals surface area contributed by atoms with Gasteiger partial charge in [0.1, 0.15) is 0 Å². The van der Waals surface area contributed by atoms with Crippen LogP contribution in [0, 0.1) is 6.92 Å². The van der Waals surface area contributed by atoms with Crippen LogP contribution in [-0.4, -0.2) is 30.5 Å². The van der Waals surface area contributed by atoms with E-state index in [0.29, 0.717) is 0 Å². The Morgan fingerprint density at radius 3 is 2.69 bits per heavy atom. The second kappa shape index (κ2) is 5.02. The Labute approximate surface area is 78.1 Å². The molecule has 0 unspecified atom stereocenters. The zero-order valence-corrected chi connectivity index (χ0v) is 7.60. The Morgan fingerprint density at radius 1 is 1.38 bits per heavy atom. The molecule has 3 nitrogen and oxygen atoms in total. The molecular weight excluding hydrogens is 167 g/mol. The van der Waals surface area contributed by atoms with Crippen molar-refractivity contribution >= 4 is 12.6 Å². The third-order valence-corrected chi connectivity index (χ3v) is 1.82. The molecule has 2 N–H and O–H groups in total. The van der Waals surface area contributed by atoms with Gasteiger partial charge in [0.25, 0.3) is 0 Å². The van der Waals surface area contributed by atoms with E-state index in [4.69, 9.17) is 9.76 Å². The first-order valence-electron chi connectivity index (χ1n) is 4.21. The van der Waals surface area contributed by atoms with Gasteiger partial charge < -0.3 is 14.8 Å². The van der Waals surface area contributed by atoms with Gasteiger partial charge in [0, 0.05) is 0 Å². The van der Waals surface area contributed by atoms with Crippen molar-refractivity contribution in [2.75, 3.05) is 13.2 Å². The van der Waals surface area contributed by atoms with Gasteiger partial charge in [0.2, 0.25) is 0 Å². The van der Waals surface area contributed by atoms with Crippen LogP contribution in [0.15, 0.2) is 24.3 Å². The first kappa shape index (κ1) is 10.2. The molecule has 0 radical (unpaired) electrons. The fourth-order valence-corrected chi connectivity index (χ4v) is 1.12. The Balaban J connectivity index is 2.65. The van der Waals surface area contributed by atoms with Gasteiger partial charge in [-0.1, -0.05) is 29.8 Å². The molecule has 0 saturated carbocycles. The van der Waals surface area contributed by atoms with Crippen LogP contribution in [0.2, 0.25) is 0 Å². The van der Waals surface area contributed by atoms with Crippen LogP contribution >= 0.6 is 0 Å². The summed E-state index contributed by atoms with van der Waals surface area (Å²) >= 11 is 0. The second-order valence-corrected chi connectivity index (χ2v) is 2.80. The molecule has 1 rings (SSSR count). The van der Waals surface area contributed by atoms with Gasteiger partial charge in [-0.25, -0.2) is 0 Å². The smallest absolute Gasteiger partial charge is 0.423 e. The molecule has 4 heteroatoms. The lowest BCUT2D eigenvalue weighted by atomic mass is 9.77. The van der Waals surface area contributed by atoms with Gasteiger partial charge in [-0.2, -0.15) is 0 Å². The molecule has 70 valence electrons. The number of aryl methyl sites for hydroxylation is 1. The monoisotopic (exact) mass is 180 g/mol. The van der Waals surface area contributed by atoms with Crippen molar-refractivity contribution in [3.63, 3.8) is 0 Å². The summed E-state index contributed by atoms with van der Waals surface area (Å²) in [4.78, 5) is 0. The molecule has 0 heterocycles. The molecule has 0 bridgehead atoms. The Kier molecular flexibility index (Phi) is 3.95. The highest BCUT2D eigenvalue weighted by Gasteiger charge is 2.17. The molecule has 1 aromatic rings. The Morgan fingerprint density at radius 2 is 2.08 bits per heavy atom. The minimum Gasteiger partial charge on any atom is -0.423 e. The predicted molar refractivity (Wildman–Crippen MR) is 51.8 cm³/mol. The first-order valence-corrected chi connectivity index (χ1v) is 4.21. The molecule has 0 amide bonds. The molecule has 0 spiro atoms. The average molecular weight is 180 g/mol. The second-order valence-electron chi connectivity index (χ2n) is 2.80. The van der Waals surface area contributed by atoms with E-state index in [0.717, 1.165) is 11.0 Å². The molecule has 0 fully saturated rings. The standard InChI is InChI=1S/C9H13BO3/c1-8-4-2-3-5-9(8)10(12)13-7-6-11/h2-5,11-12H,6-7H2,1H3. The Bertz CT molecular complexity index is 265. The van der Waals surface area contributed by atoms with Gasteiger partial charge in [0.15, 0.2) is 0 Å². The molecule has 0 aliphatic carbocycles. The van der Waals surface area contributed by atoms with E-state index >= 15 is 0 Å². The summed E-state index contributed by atoms with van der Waals surface area (Å²) in [5.74, 6) is 0. The minimum atomic E-state index is -0.937. The van der Waals surface area contributed by atoms with Crippen LogP contribution < -0.4 is 5.46 Å². The number of rotatable bonds is 4. The molecule has 0 aromatic heterocycles. The van der Waals surface area contributed by atoms with E-state index in [-0.39, 0.29) is 13.2 Å². The maximum atomic E-state index is 9.50. The van der Waals surface area contributed by atoms with E-state index in [9.17, 15) is 5.02 Å². The summed E-state index contributed by atoms with van der Waals surface area (Å²) in [6.07, 6.45) is 0. The van der Waals surface area contributed by atoms with Crippen LogP contribution in [0.3, 0.4) is 0 Å². The average Bonchev–Trinajstić information content (AvgIpc) is 2.15. The highest BCUT2D eigenvalue weighted by Crippen LogP contribution is 1.95. The predicted octanol–water partition coefficient (Wildman–Crippen LogP) is -0.309. The lowest BCUT2D eigenvalue weighted by Gasteiger charge is -2.08. The number of hydrogen-bond acceptors (Lipinski definition) is 3. The number of aliphatic hydroxyl groups is 1.